The molecule has 1 aromatic rings. The van der Waals surface area contributed by atoms with E-state index in [1.807, 2.05) is 0 Å². The lowest BCUT2D eigenvalue weighted by atomic mass is 9.91. The molecule has 0 radical (unpaired) electrons. The number of hydrogen-bond donors (Lipinski definition) is 1. The predicted octanol–water partition coefficient (Wildman–Crippen LogP) is 4.06. The van der Waals surface area contributed by atoms with Crippen LogP contribution in [0.2, 0.25) is 0 Å². The van der Waals surface area contributed by atoms with Gasteiger partial charge in [-0.25, -0.2) is 0 Å². The Balaban J connectivity index is 1.69. The van der Waals surface area contributed by atoms with Crippen LogP contribution in [0.3, 0.4) is 0 Å². The molecule has 3 rings (SSSR count). The number of rotatable bonds is 5. The van der Waals surface area contributed by atoms with Gasteiger partial charge >= 0.3 is 0 Å². The lowest BCUT2D eigenvalue weighted by Gasteiger charge is -2.23. The summed E-state index contributed by atoms with van der Waals surface area (Å²) in [5.74, 6) is 0.941. The van der Waals surface area contributed by atoms with E-state index in [4.69, 9.17) is 0 Å². The van der Waals surface area contributed by atoms with Crippen molar-refractivity contribution in [2.45, 2.75) is 70.9 Å². The summed E-state index contributed by atoms with van der Waals surface area (Å²) in [6.07, 6.45) is 15.9. The van der Waals surface area contributed by atoms with Crippen molar-refractivity contribution in [2.24, 2.45) is 5.92 Å². The van der Waals surface area contributed by atoms with Crippen LogP contribution in [0, 0.1) is 5.92 Å². The summed E-state index contributed by atoms with van der Waals surface area (Å²) in [6, 6.07) is 0.619. The highest BCUT2D eigenvalue weighted by Gasteiger charge is 2.22. The third-order valence-electron chi connectivity index (χ3n) is 4.90. The molecule has 1 saturated carbocycles. The summed E-state index contributed by atoms with van der Waals surface area (Å²) in [5, 5.41) is 3.72. The molecular weight excluding hydrogens is 232 g/mol. The Labute approximate surface area is 117 Å². The average Bonchev–Trinajstić information content (AvgIpc) is 3.05. The van der Waals surface area contributed by atoms with Crippen LogP contribution in [0.15, 0.2) is 12.4 Å². The minimum absolute atomic E-state index is 0.619. The summed E-state index contributed by atoms with van der Waals surface area (Å²) in [7, 11) is 0. The number of hydrogen-bond acceptors (Lipinski definition) is 1. The van der Waals surface area contributed by atoms with Gasteiger partial charge in [0, 0.05) is 25.0 Å². The molecule has 0 saturated heterocycles. The fraction of sp³-hybridized carbons (Fsp3) is 0.765. The third-order valence-corrected chi connectivity index (χ3v) is 4.90. The Bertz CT molecular complexity index is 401. The van der Waals surface area contributed by atoms with E-state index in [0.29, 0.717) is 6.04 Å². The molecule has 0 bridgehead atoms. The first-order chi connectivity index (χ1) is 9.36. The quantitative estimate of drug-likeness (QED) is 0.845. The number of nitrogens with one attached hydrogen (secondary N) is 1. The fourth-order valence-electron chi connectivity index (χ4n) is 3.88. The molecule has 1 N–H and O–H groups in total. The Morgan fingerprint density at radius 2 is 2.00 bits per heavy atom. The predicted molar refractivity (Wildman–Crippen MR) is 80.4 cm³/mol. The lowest BCUT2D eigenvalue weighted by Crippen LogP contribution is -2.24. The second-order valence-corrected chi connectivity index (χ2v) is 6.48. The summed E-state index contributed by atoms with van der Waals surface area (Å²) in [6.45, 7) is 4.66. The van der Waals surface area contributed by atoms with Gasteiger partial charge in [-0.2, -0.15) is 0 Å². The van der Waals surface area contributed by atoms with Crippen LogP contribution < -0.4 is 5.32 Å². The Kier molecular flexibility index (Phi) is 4.27. The van der Waals surface area contributed by atoms with E-state index in [1.54, 1.807) is 11.1 Å². The van der Waals surface area contributed by atoms with Crippen LogP contribution in [-0.2, 0) is 13.0 Å². The van der Waals surface area contributed by atoms with Crippen molar-refractivity contribution in [1.29, 1.82) is 0 Å². The highest BCUT2D eigenvalue weighted by atomic mass is 15.0. The number of aryl methyl sites for hydroxylation is 1. The molecule has 1 fully saturated rings. The van der Waals surface area contributed by atoms with Crippen molar-refractivity contribution in [2.75, 3.05) is 6.54 Å². The largest absolute Gasteiger partial charge is 0.353 e. The van der Waals surface area contributed by atoms with Crippen molar-refractivity contribution in [3.05, 3.63) is 23.5 Å². The first-order valence-corrected chi connectivity index (χ1v) is 8.28. The zero-order valence-corrected chi connectivity index (χ0v) is 12.3. The van der Waals surface area contributed by atoms with E-state index in [1.165, 1.54) is 57.9 Å². The first-order valence-electron chi connectivity index (χ1n) is 8.28. The summed E-state index contributed by atoms with van der Waals surface area (Å²) >= 11 is 0. The summed E-state index contributed by atoms with van der Waals surface area (Å²) in [4.78, 5) is 0. The van der Waals surface area contributed by atoms with Crippen molar-refractivity contribution in [1.82, 2.24) is 9.88 Å². The van der Waals surface area contributed by atoms with Crippen molar-refractivity contribution in [3.8, 4) is 0 Å². The SMILES string of the molecule is CCCNC1CCCc2cn(CC3CCCC3)cc21. The van der Waals surface area contributed by atoms with Crippen LogP contribution in [0.5, 0.6) is 0 Å². The molecule has 0 aromatic carbocycles. The summed E-state index contributed by atoms with van der Waals surface area (Å²) < 4.78 is 2.49. The fourth-order valence-corrected chi connectivity index (χ4v) is 3.88. The highest BCUT2D eigenvalue weighted by molar-refractivity contribution is 5.30. The monoisotopic (exact) mass is 260 g/mol. The number of aromatic nitrogens is 1. The topological polar surface area (TPSA) is 17.0 Å². The smallest absolute Gasteiger partial charge is 0.0338 e. The van der Waals surface area contributed by atoms with Gasteiger partial charge in [0.05, 0.1) is 0 Å². The van der Waals surface area contributed by atoms with E-state index >= 15 is 0 Å². The maximum atomic E-state index is 3.72. The van der Waals surface area contributed by atoms with E-state index in [0.717, 1.165) is 12.5 Å². The van der Waals surface area contributed by atoms with Gasteiger partial charge in [-0.15, -0.1) is 0 Å². The first kappa shape index (κ1) is 13.2. The molecule has 0 spiro atoms. The minimum atomic E-state index is 0.619. The third kappa shape index (κ3) is 3.05. The second kappa shape index (κ2) is 6.13. The maximum absolute atomic E-state index is 3.72. The van der Waals surface area contributed by atoms with Gasteiger partial charge in [0.15, 0.2) is 0 Å². The zero-order valence-electron chi connectivity index (χ0n) is 12.3. The van der Waals surface area contributed by atoms with Gasteiger partial charge in [0.25, 0.3) is 0 Å². The number of fused-ring (bicyclic) bond motifs is 1. The van der Waals surface area contributed by atoms with Crippen LogP contribution in [-0.4, -0.2) is 11.1 Å². The standard InChI is InChI=1S/C17H28N2/c1-2-10-18-17-9-5-8-15-12-19(13-16(15)17)11-14-6-3-4-7-14/h12-14,17-18H,2-11H2,1H3. The Hall–Kier alpha value is -0.760. The molecule has 1 aromatic heterocycles. The van der Waals surface area contributed by atoms with Crippen molar-refractivity contribution < 1.29 is 0 Å². The van der Waals surface area contributed by atoms with Gasteiger partial charge < -0.3 is 9.88 Å². The summed E-state index contributed by atoms with van der Waals surface area (Å²) in [5.41, 5.74) is 3.20. The number of nitrogens with zero attached hydrogens (tertiary/aromatic N) is 1. The van der Waals surface area contributed by atoms with Gasteiger partial charge in [0.1, 0.15) is 0 Å². The molecule has 1 unspecified atom stereocenters. The Morgan fingerprint density at radius 3 is 2.79 bits per heavy atom. The van der Waals surface area contributed by atoms with Gasteiger partial charge in [-0.1, -0.05) is 19.8 Å². The molecular formula is C17H28N2. The van der Waals surface area contributed by atoms with E-state index in [-0.39, 0.29) is 0 Å². The molecule has 19 heavy (non-hydrogen) atoms. The van der Waals surface area contributed by atoms with Crippen molar-refractivity contribution in [3.63, 3.8) is 0 Å². The van der Waals surface area contributed by atoms with Crippen LogP contribution >= 0.6 is 0 Å². The average molecular weight is 260 g/mol. The Morgan fingerprint density at radius 1 is 1.16 bits per heavy atom. The maximum Gasteiger partial charge on any atom is 0.0338 e. The molecule has 2 aliphatic carbocycles. The molecule has 2 aliphatic rings. The molecule has 0 amide bonds. The van der Waals surface area contributed by atoms with Gasteiger partial charge in [0.2, 0.25) is 0 Å². The van der Waals surface area contributed by atoms with Crippen LogP contribution in [0.4, 0.5) is 0 Å². The van der Waals surface area contributed by atoms with Crippen molar-refractivity contribution >= 4 is 0 Å². The zero-order chi connectivity index (χ0) is 13.1. The van der Waals surface area contributed by atoms with E-state index in [2.05, 4.69) is 29.2 Å². The van der Waals surface area contributed by atoms with Gasteiger partial charge in [-0.3, -0.25) is 0 Å². The normalized spacial score (nSPS) is 23.7. The molecule has 0 aliphatic heterocycles. The molecule has 106 valence electrons. The minimum Gasteiger partial charge on any atom is -0.353 e. The molecule has 1 atom stereocenters. The van der Waals surface area contributed by atoms with Gasteiger partial charge in [-0.05, 0) is 62.1 Å². The lowest BCUT2D eigenvalue weighted by molar-refractivity contribution is 0.452. The molecule has 1 heterocycles. The molecule has 2 heteroatoms. The molecule has 2 nitrogen and oxygen atoms in total. The van der Waals surface area contributed by atoms with E-state index in [9.17, 15) is 0 Å². The van der Waals surface area contributed by atoms with E-state index < -0.39 is 0 Å². The van der Waals surface area contributed by atoms with Crippen LogP contribution in [0.1, 0.15) is 69.0 Å². The van der Waals surface area contributed by atoms with Crippen LogP contribution in [0.25, 0.3) is 0 Å². The second-order valence-electron chi connectivity index (χ2n) is 6.48. The highest BCUT2D eigenvalue weighted by Crippen LogP contribution is 2.32.